The van der Waals surface area contributed by atoms with Gasteiger partial charge in [0.15, 0.2) is 0 Å². The Bertz CT molecular complexity index is 481. The number of ether oxygens (including phenoxy) is 1. The number of hydrogen-bond donors (Lipinski definition) is 1. The van der Waals surface area contributed by atoms with Gasteiger partial charge in [-0.1, -0.05) is 42.5 Å². The largest absolute Gasteiger partial charge is 0.482 e. The van der Waals surface area contributed by atoms with E-state index >= 15 is 0 Å². The minimum atomic E-state index is 0.107. The fraction of sp³-hybridized carbons (Fsp3) is 0.143. The molecule has 0 bridgehead atoms. The third-order valence-electron chi connectivity index (χ3n) is 2.81. The summed E-state index contributed by atoms with van der Waals surface area (Å²) in [5.41, 5.74) is 2.29. The van der Waals surface area contributed by atoms with Crippen LogP contribution in [0.1, 0.15) is 11.7 Å². The van der Waals surface area contributed by atoms with Gasteiger partial charge in [0.2, 0.25) is 0 Å². The summed E-state index contributed by atoms with van der Waals surface area (Å²) in [7, 11) is 0. The third-order valence-corrected chi connectivity index (χ3v) is 2.81. The SMILES string of the molecule is c1ccc(C2CNc3ccccc3O2)cc1. The standard InChI is InChI=1S/C14H13NO/c1-2-6-11(7-3-1)14-10-15-12-8-4-5-9-13(12)16-14/h1-9,14-15H,10H2. The molecule has 0 saturated carbocycles. The van der Waals surface area contributed by atoms with Gasteiger partial charge in [0, 0.05) is 0 Å². The molecular formula is C14H13NO. The lowest BCUT2D eigenvalue weighted by Crippen LogP contribution is -2.23. The Kier molecular flexibility index (Phi) is 2.26. The van der Waals surface area contributed by atoms with Crippen LogP contribution in [0.25, 0.3) is 0 Å². The van der Waals surface area contributed by atoms with E-state index in [1.807, 2.05) is 42.5 Å². The Labute approximate surface area is 94.9 Å². The highest BCUT2D eigenvalue weighted by molar-refractivity contribution is 5.58. The van der Waals surface area contributed by atoms with E-state index in [-0.39, 0.29) is 6.10 Å². The molecule has 0 amide bonds. The molecule has 2 aromatic rings. The number of nitrogens with one attached hydrogen (secondary N) is 1. The fourth-order valence-electron chi connectivity index (χ4n) is 1.97. The van der Waals surface area contributed by atoms with Crippen molar-refractivity contribution in [1.29, 1.82) is 0 Å². The van der Waals surface area contributed by atoms with Crippen LogP contribution in [0.15, 0.2) is 54.6 Å². The first kappa shape index (κ1) is 9.28. The number of benzene rings is 2. The third kappa shape index (κ3) is 1.63. The topological polar surface area (TPSA) is 21.3 Å². The zero-order valence-corrected chi connectivity index (χ0v) is 8.89. The molecule has 0 aromatic heterocycles. The van der Waals surface area contributed by atoms with E-state index in [2.05, 4.69) is 17.4 Å². The van der Waals surface area contributed by atoms with Gasteiger partial charge < -0.3 is 10.1 Å². The van der Waals surface area contributed by atoms with Crippen molar-refractivity contribution in [1.82, 2.24) is 0 Å². The first-order valence-electron chi connectivity index (χ1n) is 5.48. The molecule has 1 aliphatic rings. The molecule has 1 N–H and O–H groups in total. The summed E-state index contributed by atoms with van der Waals surface area (Å²) in [6.45, 7) is 0.820. The number of para-hydroxylation sites is 2. The molecule has 1 unspecified atom stereocenters. The molecule has 80 valence electrons. The minimum absolute atomic E-state index is 0.107. The Morgan fingerprint density at radius 2 is 1.69 bits per heavy atom. The highest BCUT2D eigenvalue weighted by atomic mass is 16.5. The average molecular weight is 211 g/mol. The molecule has 0 spiro atoms. The van der Waals surface area contributed by atoms with Gasteiger partial charge >= 0.3 is 0 Å². The monoisotopic (exact) mass is 211 g/mol. The molecule has 3 rings (SSSR count). The van der Waals surface area contributed by atoms with Crippen LogP contribution in [0.4, 0.5) is 5.69 Å². The number of hydrogen-bond acceptors (Lipinski definition) is 2. The number of anilines is 1. The van der Waals surface area contributed by atoms with E-state index < -0.39 is 0 Å². The van der Waals surface area contributed by atoms with Crippen molar-refractivity contribution in [2.75, 3.05) is 11.9 Å². The lowest BCUT2D eigenvalue weighted by Gasteiger charge is -2.27. The molecule has 0 radical (unpaired) electrons. The van der Waals surface area contributed by atoms with Crippen LogP contribution in [0.3, 0.4) is 0 Å². The predicted molar refractivity (Wildman–Crippen MR) is 64.7 cm³/mol. The lowest BCUT2D eigenvalue weighted by atomic mass is 10.1. The highest BCUT2D eigenvalue weighted by Gasteiger charge is 2.19. The molecule has 0 saturated heterocycles. The zero-order valence-electron chi connectivity index (χ0n) is 8.89. The second-order valence-electron chi connectivity index (χ2n) is 3.89. The van der Waals surface area contributed by atoms with E-state index in [1.165, 1.54) is 5.56 Å². The van der Waals surface area contributed by atoms with Gasteiger partial charge in [0.1, 0.15) is 11.9 Å². The van der Waals surface area contributed by atoms with Crippen LogP contribution in [0, 0.1) is 0 Å². The molecule has 1 atom stereocenters. The minimum Gasteiger partial charge on any atom is -0.482 e. The first-order valence-corrected chi connectivity index (χ1v) is 5.48. The summed E-state index contributed by atoms with van der Waals surface area (Å²) >= 11 is 0. The molecule has 0 fully saturated rings. The molecule has 16 heavy (non-hydrogen) atoms. The number of rotatable bonds is 1. The summed E-state index contributed by atoms with van der Waals surface area (Å²) in [6, 6.07) is 18.3. The van der Waals surface area contributed by atoms with E-state index in [1.54, 1.807) is 0 Å². The van der Waals surface area contributed by atoms with Gasteiger partial charge in [-0.15, -0.1) is 0 Å². The van der Waals surface area contributed by atoms with E-state index in [0.29, 0.717) is 0 Å². The summed E-state index contributed by atoms with van der Waals surface area (Å²) in [4.78, 5) is 0. The molecule has 1 heterocycles. The van der Waals surface area contributed by atoms with Crippen molar-refractivity contribution in [2.24, 2.45) is 0 Å². The van der Waals surface area contributed by atoms with E-state index in [0.717, 1.165) is 18.0 Å². The highest BCUT2D eigenvalue weighted by Crippen LogP contribution is 2.33. The second kappa shape index (κ2) is 3.89. The lowest BCUT2D eigenvalue weighted by molar-refractivity contribution is 0.210. The summed E-state index contributed by atoms with van der Waals surface area (Å²) < 4.78 is 5.96. The first-order chi connectivity index (χ1) is 7.93. The van der Waals surface area contributed by atoms with Crippen molar-refractivity contribution in [3.63, 3.8) is 0 Å². The molecule has 2 heteroatoms. The zero-order chi connectivity index (χ0) is 10.8. The Balaban J connectivity index is 1.89. The predicted octanol–water partition coefficient (Wildman–Crippen LogP) is 3.23. The smallest absolute Gasteiger partial charge is 0.143 e. The van der Waals surface area contributed by atoms with Crippen molar-refractivity contribution >= 4 is 5.69 Å². The van der Waals surface area contributed by atoms with Crippen molar-refractivity contribution in [3.8, 4) is 5.75 Å². The average Bonchev–Trinajstić information content (AvgIpc) is 2.39. The second-order valence-corrected chi connectivity index (χ2v) is 3.89. The van der Waals surface area contributed by atoms with Gasteiger partial charge in [-0.05, 0) is 17.7 Å². The van der Waals surface area contributed by atoms with Gasteiger partial charge in [0.05, 0.1) is 12.2 Å². The van der Waals surface area contributed by atoms with Crippen molar-refractivity contribution in [3.05, 3.63) is 60.2 Å². The number of fused-ring (bicyclic) bond motifs is 1. The fourth-order valence-corrected chi connectivity index (χ4v) is 1.97. The van der Waals surface area contributed by atoms with E-state index in [9.17, 15) is 0 Å². The van der Waals surface area contributed by atoms with Crippen LogP contribution in [-0.4, -0.2) is 6.54 Å². The maximum absolute atomic E-state index is 5.96. The molecule has 0 aliphatic carbocycles. The quantitative estimate of drug-likeness (QED) is 0.782. The van der Waals surface area contributed by atoms with Crippen LogP contribution in [-0.2, 0) is 0 Å². The Morgan fingerprint density at radius 1 is 0.938 bits per heavy atom. The normalized spacial score (nSPS) is 18.1. The van der Waals surface area contributed by atoms with Crippen molar-refractivity contribution in [2.45, 2.75) is 6.10 Å². The van der Waals surface area contributed by atoms with Gasteiger partial charge in [-0.3, -0.25) is 0 Å². The van der Waals surface area contributed by atoms with Gasteiger partial charge in [-0.25, -0.2) is 0 Å². The van der Waals surface area contributed by atoms with Crippen LogP contribution in [0.2, 0.25) is 0 Å². The van der Waals surface area contributed by atoms with Crippen LogP contribution < -0.4 is 10.1 Å². The Hall–Kier alpha value is -1.96. The molecule has 2 aromatic carbocycles. The summed E-state index contributed by atoms with van der Waals surface area (Å²) in [5, 5.41) is 3.39. The summed E-state index contributed by atoms with van der Waals surface area (Å²) in [5.74, 6) is 0.933. The van der Waals surface area contributed by atoms with E-state index in [4.69, 9.17) is 4.74 Å². The Morgan fingerprint density at radius 3 is 2.56 bits per heavy atom. The van der Waals surface area contributed by atoms with Crippen LogP contribution in [0.5, 0.6) is 5.75 Å². The molecular weight excluding hydrogens is 198 g/mol. The molecule has 2 nitrogen and oxygen atoms in total. The van der Waals surface area contributed by atoms with Crippen molar-refractivity contribution < 1.29 is 4.74 Å². The molecule has 1 aliphatic heterocycles. The summed E-state index contributed by atoms with van der Waals surface area (Å²) in [6.07, 6.45) is 0.107. The maximum atomic E-state index is 5.96. The van der Waals surface area contributed by atoms with Gasteiger partial charge in [0.25, 0.3) is 0 Å². The maximum Gasteiger partial charge on any atom is 0.143 e. The van der Waals surface area contributed by atoms with Gasteiger partial charge in [-0.2, -0.15) is 0 Å². The van der Waals surface area contributed by atoms with Crippen LogP contribution >= 0.6 is 0 Å².